The van der Waals surface area contributed by atoms with Crippen LogP contribution in [-0.2, 0) is 9.59 Å². The van der Waals surface area contributed by atoms with Gasteiger partial charge in [0.05, 0.1) is 5.92 Å². The lowest BCUT2D eigenvalue weighted by atomic mass is 9.84. The van der Waals surface area contributed by atoms with Gasteiger partial charge in [0.2, 0.25) is 11.8 Å². The van der Waals surface area contributed by atoms with Crippen LogP contribution in [-0.4, -0.2) is 42.4 Å². The van der Waals surface area contributed by atoms with Gasteiger partial charge in [0, 0.05) is 19.0 Å². The highest BCUT2D eigenvalue weighted by Crippen LogP contribution is 2.27. The molecule has 2 amide bonds. The quantitative estimate of drug-likeness (QED) is 0.816. The lowest BCUT2D eigenvalue weighted by Crippen LogP contribution is -2.49. The molecule has 0 saturated carbocycles. The van der Waals surface area contributed by atoms with Crippen LogP contribution in [0.25, 0.3) is 0 Å². The molecule has 2 aliphatic heterocycles. The van der Waals surface area contributed by atoms with E-state index in [1.807, 2.05) is 4.90 Å². The van der Waals surface area contributed by atoms with E-state index in [1.165, 1.54) is 12.8 Å². The molecule has 0 aromatic heterocycles. The van der Waals surface area contributed by atoms with E-state index in [-0.39, 0.29) is 23.8 Å². The van der Waals surface area contributed by atoms with E-state index in [2.05, 4.69) is 19.2 Å². The number of primary amides is 1. The molecule has 0 aliphatic carbocycles. The molecule has 2 aliphatic rings. The summed E-state index contributed by atoms with van der Waals surface area (Å²) in [5.74, 6) is 0.730. The maximum absolute atomic E-state index is 12.6. The predicted octanol–water partition coefficient (Wildman–Crippen LogP) is 1.12. The number of nitrogens with zero attached hydrogens (tertiary/aromatic N) is 1. The Bertz CT molecular complexity index is 380. The Morgan fingerprint density at radius 2 is 2.10 bits per heavy atom. The number of carbonyl (C=O) groups is 2. The molecule has 3 N–H and O–H groups in total. The second kappa shape index (κ2) is 7.25. The minimum atomic E-state index is -0.274. The first kappa shape index (κ1) is 16.3. The number of nitrogens with one attached hydrogen (secondary N) is 1. The van der Waals surface area contributed by atoms with Gasteiger partial charge >= 0.3 is 0 Å². The molecule has 5 heteroatoms. The zero-order valence-electron chi connectivity index (χ0n) is 13.3. The zero-order chi connectivity index (χ0) is 15.4. The van der Waals surface area contributed by atoms with Gasteiger partial charge in [-0.05, 0) is 57.5 Å². The molecule has 2 rings (SSSR count). The van der Waals surface area contributed by atoms with Crippen LogP contribution in [0.3, 0.4) is 0 Å². The first-order valence-electron chi connectivity index (χ1n) is 8.28. The molecule has 21 heavy (non-hydrogen) atoms. The van der Waals surface area contributed by atoms with Crippen molar-refractivity contribution in [2.24, 2.45) is 23.5 Å². The first-order chi connectivity index (χ1) is 9.99. The van der Waals surface area contributed by atoms with Gasteiger partial charge < -0.3 is 16.0 Å². The summed E-state index contributed by atoms with van der Waals surface area (Å²) in [7, 11) is 0. The van der Waals surface area contributed by atoms with E-state index in [0.717, 1.165) is 25.9 Å². The Balaban J connectivity index is 1.89. The number of hydrogen-bond acceptors (Lipinski definition) is 3. The number of carbonyl (C=O) groups excluding carboxylic acids is 2. The van der Waals surface area contributed by atoms with Crippen molar-refractivity contribution in [2.45, 2.75) is 52.0 Å². The first-order valence-corrected chi connectivity index (χ1v) is 8.28. The van der Waals surface area contributed by atoms with Crippen LogP contribution in [0.4, 0.5) is 0 Å². The van der Waals surface area contributed by atoms with Crippen LogP contribution in [0.1, 0.15) is 46.0 Å². The van der Waals surface area contributed by atoms with Gasteiger partial charge in [0.1, 0.15) is 0 Å². The summed E-state index contributed by atoms with van der Waals surface area (Å²) in [5.41, 5.74) is 5.41. The monoisotopic (exact) mass is 295 g/mol. The van der Waals surface area contributed by atoms with Crippen LogP contribution < -0.4 is 11.1 Å². The van der Waals surface area contributed by atoms with Crippen LogP contribution in [0.2, 0.25) is 0 Å². The van der Waals surface area contributed by atoms with E-state index in [0.29, 0.717) is 24.8 Å². The van der Waals surface area contributed by atoms with Crippen molar-refractivity contribution < 1.29 is 9.59 Å². The van der Waals surface area contributed by atoms with Crippen LogP contribution >= 0.6 is 0 Å². The van der Waals surface area contributed by atoms with Crippen molar-refractivity contribution in [3.63, 3.8) is 0 Å². The minimum Gasteiger partial charge on any atom is -0.369 e. The summed E-state index contributed by atoms with van der Waals surface area (Å²) in [4.78, 5) is 25.8. The molecule has 0 spiro atoms. The fraction of sp³-hybridized carbons (Fsp3) is 0.875. The number of nitrogens with two attached hydrogens (primary N) is 1. The van der Waals surface area contributed by atoms with Crippen molar-refractivity contribution in [3.05, 3.63) is 0 Å². The molecule has 2 heterocycles. The van der Waals surface area contributed by atoms with Gasteiger partial charge in [-0.1, -0.05) is 6.92 Å². The summed E-state index contributed by atoms with van der Waals surface area (Å²) in [6.07, 6.45) is 4.68. The molecule has 0 radical (unpaired) electrons. The molecule has 120 valence electrons. The summed E-state index contributed by atoms with van der Waals surface area (Å²) >= 11 is 0. The van der Waals surface area contributed by atoms with E-state index in [1.54, 1.807) is 0 Å². The van der Waals surface area contributed by atoms with Gasteiger partial charge in [-0.2, -0.15) is 0 Å². The Kier molecular flexibility index (Phi) is 5.62. The second-order valence-corrected chi connectivity index (χ2v) is 6.86. The Hall–Kier alpha value is -1.10. The van der Waals surface area contributed by atoms with Crippen molar-refractivity contribution in [3.8, 4) is 0 Å². The average molecular weight is 295 g/mol. The van der Waals surface area contributed by atoms with E-state index in [9.17, 15) is 9.59 Å². The lowest BCUT2D eigenvalue weighted by Gasteiger charge is -2.38. The summed E-state index contributed by atoms with van der Waals surface area (Å²) in [6.45, 7) is 6.87. The highest BCUT2D eigenvalue weighted by Gasteiger charge is 2.33. The maximum atomic E-state index is 12.6. The molecule has 0 aromatic carbocycles. The fourth-order valence-electron chi connectivity index (χ4n) is 3.61. The predicted molar refractivity (Wildman–Crippen MR) is 82.5 cm³/mol. The number of amides is 2. The fourth-order valence-corrected chi connectivity index (χ4v) is 3.61. The number of rotatable bonds is 4. The third kappa shape index (κ3) is 4.19. The lowest BCUT2D eigenvalue weighted by molar-refractivity contribution is -0.138. The maximum Gasteiger partial charge on any atom is 0.223 e. The molecule has 0 bridgehead atoms. The average Bonchev–Trinajstić information content (AvgIpc) is 2.48. The summed E-state index contributed by atoms with van der Waals surface area (Å²) < 4.78 is 0. The SMILES string of the molecule is CC(CC(=O)N1CC(C(N)=O)CCC1C)C1CCCNC1. The minimum absolute atomic E-state index is 0.170. The van der Waals surface area contributed by atoms with Crippen molar-refractivity contribution >= 4 is 11.8 Å². The number of piperidine rings is 2. The van der Waals surface area contributed by atoms with Gasteiger partial charge in [-0.15, -0.1) is 0 Å². The van der Waals surface area contributed by atoms with Crippen LogP contribution in [0, 0.1) is 17.8 Å². The third-order valence-electron chi connectivity index (χ3n) is 5.24. The second-order valence-electron chi connectivity index (χ2n) is 6.86. The summed E-state index contributed by atoms with van der Waals surface area (Å²) in [6, 6.07) is 0.227. The van der Waals surface area contributed by atoms with Crippen LogP contribution in [0.5, 0.6) is 0 Å². The smallest absolute Gasteiger partial charge is 0.223 e. The molecule has 4 atom stereocenters. The molecule has 0 aromatic rings. The standard InChI is InChI=1S/C16H29N3O2/c1-11(13-4-3-7-18-9-13)8-15(20)19-10-14(16(17)21)6-5-12(19)2/h11-14,18H,3-10H2,1-2H3,(H2,17,21). The Morgan fingerprint density at radius 3 is 2.71 bits per heavy atom. The number of likely N-dealkylation sites (tertiary alicyclic amines) is 1. The Morgan fingerprint density at radius 1 is 1.33 bits per heavy atom. The molecule has 2 fully saturated rings. The van der Waals surface area contributed by atoms with Gasteiger partial charge in [0.15, 0.2) is 0 Å². The molecule has 2 saturated heterocycles. The Labute approximate surface area is 127 Å². The molecule has 5 nitrogen and oxygen atoms in total. The third-order valence-corrected chi connectivity index (χ3v) is 5.24. The normalized spacial score (nSPS) is 31.7. The van der Waals surface area contributed by atoms with Crippen LogP contribution in [0.15, 0.2) is 0 Å². The number of hydrogen-bond donors (Lipinski definition) is 2. The largest absolute Gasteiger partial charge is 0.369 e. The highest BCUT2D eigenvalue weighted by atomic mass is 16.2. The van der Waals surface area contributed by atoms with E-state index in [4.69, 9.17) is 5.73 Å². The molecule has 4 unspecified atom stereocenters. The van der Waals surface area contributed by atoms with Gasteiger partial charge in [0.25, 0.3) is 0 Å². The topological polar surface area (TPSA) is 75.4 Å². The van der Waals surface area contributed by atoms with Crippen molar-refractivity contribution in [2.75, 3.05) is 19.6 Å². The summed E-state index contributed by atoms with van der Waals surface area (Å²) in [5, 5.41) is 3.41. The zero-order valence-corrected chi connectivity index (χ0v) is 13.3. The molecular formula is C16H29N3O2. The van der Waals surface area contributed by atoms with Crippen molar-refractivity contribution in [1.29, 1.82) is 0 Å². The molecular weight excluding hydrogens is 266 g/mol. The van der Waals surface area contributed by atoms with Crippen molar-refractivity contribution in [1.82, 2.24) is 10.2 Å². The highest BCUT2D eigenvalue weighted by molar-refractivity contribution is 5.80. The van der Waals surface area contributed by atoms with Gasteiger partial charge in [-0.3, -0.25) is 9.59 Å². The van der Waals surface area contributed by atoms with E-state index >= 15 is 0 Å². The van der Waals surface area contributed by atoms with E-state index < -0.39 is 0 Å². The van der Waals surface area contributed by atoms with Gasteiger partial charge in [-0.25, -0.2) is 0 Å².